The molecular weight excluding hydrogens is 280 g/mol. The number of piperazine rings is 1. The van der Waals surface area contributed by atoms with E-state index in [9.17, 15) is 13.2 Å². The largest absolute Gasteiger partial charge is 0.450 e. The fourth-order valence-electron chi connectivity index (χ4n) is 2.91. The molecule has 6 nitrogen and oxygen atoms in total. The van der Waals surface area contributed by atoms with E-state index < -0.39 is 10.0 Å². The predicted octanol–water partition coefficient (Wildman–Crippen LogP) is 1.42. The van der Waals surface area contributed by atoms with Crippen molar-refractivity contribution >= 4 is 16.1 Å². The van der Waals surface area contributed by atoms with Crippen LogP contribution in [0.5, 0.6) is 0 Å². The number of carbonyl (C=O) groups is 1. The van der Waals surface area contributed by atoms with Gasteiger partial charge in [-0.05, 0) is 19.8 Å². The van der Waals surface area contributed by atoms with Gasteiger partial charge in [-0.3, -0.25) is 0 Å². The molecule has 7 heteroatoms. The van der Waals surface area contributed by atoms with Gasteiger partial charge in [0.1, 0.15) is 0 Å². The van der Waals surface area contributed by atoms with Crippen molar-refractivity contribution < 1.29 is 17.9 Å². The van der Waals surface area contributed by atoms with Crippen LogP contribution in [0.1, 0.15) is 39.0 Å². The summed E-state index contributed by atoms with van der Waals surface area (Å²) < 4.78 is 31.6. The summed E-state index contributed by atoms with van der Waals surface area (Å²) in [6, 6.07) is 0. The normalized spacial score (nSPS) is 22.8. The zero-order valence-electron chi connectivity index (χ0n) is 12.1. The lowest BCUT2D eigenvalue weighted by Crippen LogP contribution is -2.52. The minimum atomic E-state index is -3.19. The third-order valence-electron chi connectivity index (χ3n) is 4.10. The first-order chi connectivity index (χ1) is 9.55. The molecule has 0 aromatic carbocycles. The van der Waals surface area contributed by atoms with Gasteiger partial charge in [0.15, 0.2) is 0 Å². The van der Waals surface area contributed by atoms with E-state index in [4.69, 9.17) is 4.74 Å². The maximum atomic E-state index is 12.5. The molecule has 2 aliphatic rings. The molecule has 0 bridgehead atoms. The first-order valence-corrected chi connectivity index (χ1v) is 8.96. The van der Waals surface area contributed by atoms with Crippen LogP contribution in [0, 0.1) is 0 Å². The van der Waals surface area contributed by atoms with Gasteiger partial charge < -0.3 is 9.64 Å². The Morgan fingerprint density at radius 3 is 2.25 bits per heavy atom. The Hall–Kier alpha value is -0.820. The van der Waals surface area contributed by atoms with Crippen LogP contribution in [0.2, 0.25) is 0 Å². The molecule has 2 fully saturated rings. The van der Waals surface area contributed by atoms with E-state index in [1.807, 2.05) is 0 Å². The average Bonchev–Trinajstić information content (AvgIpc) is 2.48. The summed E-state index contributed by atoms with van der Waals surface area (Å²) in [6.45, 7) is 3.73. The second-order valence-electron chi connectivity index (χ2n) is 5.39. The van der Waals surface area contributed by atoms with Crippen LogP contribution in [-0.4, -0.2) is 61.8 Å². The van der Waals surface area contributed by atoms with Gasteiger partial charge >= 0.3 is 6.09 Å². The maximum absolute atomic E-state index is 12.5. The summed E-state index contributed by atoms with van der Waals surface area (Å²) in [5.74, 6) is 0. The highest BCUT2D eigenvalue weighted by Crippen LogP contribution is 2.26. The highest BCUT2D eigenvalue weighted by Gasteiger charge is 2.35. The Bertz CT molecular complexity index is 424. The van der Waals surface area contributed by atoms with E-state index in [0.29, 0.717) is 32.8 Å². The summed E-state index contributed by atoms with van der Waals surface area (Å²) in [4.78, 5) is 13.2. The van der Waals surface area contributed by atoms with Crippen molar-refractivity contribution in [1.82, 2.24) is 9.21 Å². The van der Waals surface area contributed by atoms with Crippen molar-refractivity contribution in [2.24, 2.45) is 0 Å². The van der Waals surface area contributed by atoms with Gasteiger partial charge in [-0.25, -0.2) is 13.2 Å². The van der Waals surface area contributed by atoms with Crippen LogP contribution in [0.25, 0.3) is 0 Å². The summed E-state index contributed by atoms with van der Waals surface area (Å²) in [5, 5.41) is -0.217. The third-order valence-corrected chi connectivity index (χ3v) is 6.50. The van der Waals surface area contributed by atoms with E-state index in [-0.39, 0.29) is 11.3 Å². The van der Waals surface area contributed by atoms with Gasteiger partial charge in [0.05, 0.1) is 11.9 Å². The molecule has 0 aromatic heterocycles. The first-order valence-electron chi connectivity index (χ1n) is 7.46. The van der Waals surface area contributed by atoms with Crippen LogP contribution < -0.4 is 0 Å². The number of sulfonamides is 1. The molecule has 1 aliphatic carbocycles. The number of ether oxygens (including phenoxy) is 1. The van der Waals surface area contributed by atoms with Crippen molar-refractivity contribution in [3.05, 3.63) is 0 Å². The molecule has 1 amide bonds. The summed E-state index contributed by atoms with van der Waals surface area (Å²) in [6.07, 6.45) is 4.37. The zero-order chi connectivity index (χ0) is 14.6. The van der Waals surface area contributed by atoms with E-state index in [0.717, 1.165) is 32.1 Å². The maximum Gasteiger partial charge on any atom is 0.409 e. The SMILES string of the molecule is CCOC(=O)N1CCN(S(=O)(=O)C2CCCCC2)CC1. The molecular formula is C13H24N2O4S. The van der Waals surface area contributed by atoms with Crippen molar-refractivity contribution in [1.29, 1.82) is 0 Å². The summed E-state index contributed by atoms with van der Waals surface area (Å²) >= 11 is 0. The Labute approximate surface area is 121 Å². The van der Waals surface area contributed by atoms with Crippen LogP contribution in [0.15, 0.2) is 0 Å². The monoisotopic (exact) mass is 304 g/mol. The molecule has 1 saturated heterocycles. The molecule has 116 valence electrons. The summed E-state index contributed by atoms with van der Waals surface area (Å²) in [7, 11) is -3.19. The minimum Gasteiger partial charge on any atom is -0.450 e. The average molecular weight is 304 g/mol. The summed E-state index contributed by atoms with van der Waals surface area (Å²) in [5.41, 5.74) is 0. The predicted molar refractivity (Wildman–Crippen MR) is 76.0 cm³/mol. The van der Waals surface area contributed by atoms with E-state index in [2.05, 4.69) is 0 Å². The molecule has 20 heavy (non-hydrogen) atoms. The number of nitrogens with zero attached hydrogens (tertiary/aromatic N) is 2. The lowest BCUT2D eigenvalue weighted by atomic mass is 10.0. The standard InChI is InChI=1S/C13H24N2O4S/c1-2-19-13(16)14-8-10-15(11-9-14)20(17,18)12-6-4-3-5-7-12/h12H,2-11H2,1H3. The molecule has 0 atom stereocenters. The van der Waals surface area contributed by atoms with Gasteiger partial charge in [-0.15, -0.1) is 0 Å². The Kier molecular flexibility index (Phi) is 5.26. The smallest absolute Gasteiger partial charge is 0.409 e. The van der Waals surface area contributed by atoms with Crippen molar-refractivity contribution in [2.45, 2.75) is 44.3 Å². The van der Waals surface area contributed by atoms with Gasteiger partial charge in [0, 0.05) is 26.2 Å². The van der Waals surface area contributed by atoms with Crippen LogP contribution >= 0.6 is 0 Å². The number of amides is 1. The molecule has 1 heterocycles. The van der Waals surface area contributed by atoms with E-state index in [1.165, 1.54) is 0 Å². The molecule has 1 aliphatic heterocycles. The lowest BCUT2D eigenvalue weighted by Gasteiger charge is -2.36. The fourth-order valence-corrected chi connectivity index (χ4v) is 4.94. The highest BCUT2D eigenvalue weighted by atomic mass is 32.2. The molecule has 0 spiro atoms. The number of hydrogen-bond donors (Lipinski definition) is 0. The number of rotatable bonds is 3. The second-order valence-corrected chi connectivity index (χ2v) is 7.60. The molecule has 0 N–H and O–H groups in total. The molecule has 1 saturated carbocycles. The lowest BCUT2D eigenvalue weighted by molar-refractivity contribution is 0.0932. The van der Waals surface area contributed by atoms with Crippen molar-refractivity contribution in [3.63, 3.8) is 0 Å². The Morgan fingerprint density at radius 2 is 1.70 bits per heavy atom. The van der Waals surface area contributed by atoms with Crippen molar-refractivity contribution in [3.8, 4) is 0 Å². The number of hydrogen-bond acceptors (Lipinski definition) is 4. The molecule has 0 aromatic rings. The second kappa shape index (κ2) is 6.76. The van der Waals surface area contributed by atoms with Crippen LogP contribution in [0.3, 0.4) is 0 Å². The fraction of sp³-hybridized carbons (Fsp3) is 0.923. The van der Waals surface area contributed by atoms with E-state index >= 15 is 0 Å². The van der Waals surface area contributed by atoms with E-state index in [1.54, 1.807) is 16.1 Å². The van der Waals surface area contributed by atoms with Gasteiger partial charge in [-0.1, -0.05) is 19.3 Å². The number of carbonyl (C=O) groups excluding carboxylic acids is 1. The van der Waals surface area contributed by atoms with Crippen molar-refractivity contribution in [2.75, 3.05) is 32.8 Å². The zero-order valence-corrected chi connectivity index (χ0v) is 12.9. The highest BCUT2D eigenvalue weighted by molar-refractivity contribution is 7.89. The van der Waals surface area contributed by atoms with Gasteiger partial charge in [0.25, 0.3) is 0 Å². The molecule has 0 unspecified atom stereocenters. The minimum absolute atomic E-state index is 0.217. The first kappa shape index (κ1) is 15.6. The third kappa shape index (κ3) is 3.44. The quantitative estimate of drug-likeness (QED) is 0.791. The van der Waals surface area contributed by atoms with Gasteiger partial charge in [0.2, 0.25) is 10.0 Å². The van der Waals surface area contributed by atoms with Crippen LogP contribution in [0.4, 0.5) is 4.79 Å². The van der Waals surface area contributed by atoms with Crippen LogP contribution in [-0.2, 0) is 14.8 Å². The topological polar surface area (TPSA) is 66.9 Å². The molecule has 0 radical (unpaired) electrons. The Morgan fingerprint density at radius 1 is 1.10 bits per heavy atom. The Balaban J connectivity index is 1.90. The molecule has 2 rings (SSSR count). The van der Waals surface area contributed by atoms with Gasteiger partial charge in [-0.2, -0.15) is 4.31 Å².